The van der Waals surface area contributed by atoms with Gasteiger partial charge in [-0.25, -0.2) is 4.79 Å². The summed E-state index contributed by atoms with van der Waals surface area (Å²) in [6.07, 6.45) is 11.3. The zero-order chi connectivity index (χ0) is 25.2. The van der Waals surface area contributed by atoms with Crippen molar-refractivity contribution in [1.82, 2.24) is 4.98 Å². The molecular weight excluding hydrogens is 468 g/mol. The highest BCUT2D eigenvalue weighted by molar-refractivity contribution is 7.10. The van der Waals surface area contributed by atoms with Crippen LogP contribution in [-0.4, -0.2) is 47.9 Å². The molecule has 2 aromatic rings. The summed E-state index contributed by atoms with van der Waals surface area (Å²) in [6, 6.07) is 8.46. The number of carbonyl (C=O) groups excluding carboxylic acids is 1. The highest BCUT2D eigenvalue weighted by Crippen LogP contribution is 2.49. The second-order valence-electron chi connectivity index (χ2n) is 9.09. The van der Waals surface area contributed by atoms with Crippen LogP contribution >= 0.6 is 11.3 Å². The Hall–Kier alpha value is -2.75. The molecule has 4 rings (SSSR count). The van der Waals surface area contributed by atoms with Crippen LogP contribution in [0.1, 0.15) is 55.5 Å². The Kier molecular flexibility index (Phi) is 9.83. The second-order valence-corrected chi connectivity index (χ2v) is 10.1. The predicted molar refractivity (Wildman–Crippen MR) is 130 cm³/mol. The molecule has 1 spiro atoms. The van der Waals surface area contributed by atoms with Crippen molar-refractivity contribution in [1.29, 1.82) is 0 Å². The van der Waals surface area contributed by atoms with Gasteiger partial charge in [-0.05, 0) is 55.3 Å². The molecule has 9 heteroatoms. The van der Waals surface area contributed by atoms with Crippen LogP contribution in [0.5, 0.6) is 5.75 Å². The molecule has 2 aliphatic rings. The predicted octanol–water partition coefficient (Wildman–Crippen LogP) is 2.04. The van der Waals surface area contributed by atoms with E-state index >= 15 is 0 Å². The maximum Gasteiger partial charge on any atom is 0.328 e. The normalized spacial score (nSPS) is 20.9. The molecule has 3 N–H and O–H groups in total. The van der Waals surface area contributed by atoms with Crippen LogP contribution in [0, 0.1) is 0 Å². The van der Waals surface area contributed by atoms with Crippen molar-refractivity contribution in [2.75, 3.05) is 20.3 Å². The monoisotopic (exact) mass is 502 g/mol. The molecule has 8 nitrogen and oxygen atoms in total. The van der Waals surface area contributed by atoms with E-state index in [1.807, 2.05) is 12.3 Å². The highest BCUT2D eigenvalue weighted by Gasteiger charge is 2.48. The lowest BCUT2D eigenvalue weighted by molar-refractivity contribution is -0.671. The van der Waals surface area contributed by atoms with E-state index in [1.165, 1.54) is 36.3 Å². The Morgan fingerprint density at radius 3 is 2.69 bits per heavy atom. The van der Waals surface area contributed by atoms with E-state index in [0.29, 0.717) is 12.2 Å². The molecule has 0 unspecified atom stereocenters. The first-order valence-corrected chi connectivity index (χ1v) is 12.9. The summed E-state index contributed by atoms with van der Waals surface area (Å²) >= 11 is 1.78. The van der Waals surface area contributed by atoms with Crippen molar-refractivity contribution >= 4 is 23.3 Å². The number of thiophene rings is 1. The number of carboxylic acids is 2. The molecule has 0 aromatic carbocycles. The SMILES string of the molecule is COc1ccsc1C[NH2+]CC[C@@]1(c2ccccn2)CCOC2(CCCC2)C1.O=C([O-])/C=C/C(=O)O. The maximum absolute atomic E-state index is 9.53. The fourth-order valence-electron chi connectivity index (χ4n) is 5.21. The molecule has 0 amide bonds. The summed E-state index contributed by atoms with van der Waals surface area (Å²) in [7, 11) is 1.75. The molecule has 190 valence electrons. The van der Waals surface area contributed by atoms with Crippen molar-refractivity contribution in [2.24, 2.45) is 0 Å². The Balaban J connectivity index is 0.000000371. The van der Waals surface area contributed by atoms with E-state index in [0.717, 1.165) is 44.7 Å². The third-order valence-electron chi connectivity index (χ3n) is 6.82. The number of pyridine rings is 1. The number of hydrogen-bond acceptors (Lipinski definition) is 7. The molecule has 2 fully saturated rings. The summed E-state index contributed by atoms with van der Waals surface area (Å²) in [5.74, 6) is -1.78. The van der Waals surface area contributed by atoms with Gasteiger partial charge in [0.25, 0.3) is 0 Å². The van der Waals surface area contributed by atoms with Crippen LogP contribution in [0.4, 0.5) is 0 Å². The topological polar surface area (TPSA) is 125 Å². The number of hydrogen-bond donors (Lipinski definition) is 2. The number of nitrogens with zero attached hydrogens (tertiary/aromatic N) is 1. The van der Waals surface area contributed by atoms with Gasteiger partial charge in [0.15, 0.2) is 0 Å². The van der Waals surface area contributed by atoms with Gasteiger partial charge in [-0.15, -0.1) is 11.3 Å². The summed E-state index contributed by atoms with van der Waals surface area (Å²) in [6.45, 7) is 2.96. The van der Waals surface area contributed by atoms with Gasteiger partial charge in [-0.1, -0.05) is 18.9 Å². The van der Waals surface area contributed by atoms with Crippen molar-refractivity contribution in [3.8, 4) is 5.75 Å². The quantitative estimate of drug-likeness (QED) is 0.397. The number of aromatic nitrogens is 1. The van der Waals surface area contributed by atoms with Crippen LogP contribution in [0.25, 0.3) is 0 Å². The number of quaternary nitrogens is 1. The summed E-state index contributed by atoms with van der Waals surface area (Å²) in [5, 5.41) is 21.8. The lowest BCUT2D eigenvalue weighted by Gasteiger charge is -2.46. The molecule has 2 aromatic heterocycles. The maximum atomic E-state index is 9.53. The van der Waals surface area contributed by atoms with Gasteiger partial charge < -0.3 is 29.8 Å². The molecule has 1 aliphatic carbocycles. The highest BCUT2D eigenvalue weighted by atomic mass is 32.1. The number of nitrogens with two attached hydrogens (primary N) is 1. The average Bonchev–Trinajstić information content (AvgIpc) is 3.51. The Morgan fingerprint density at radius 1 is 1.26 bits per heavy atom. The van der Waals surface area contributed by atoms with Crippen LogP contribution < -0.4 is 15.2 Å². The van der Waals surface area contributed by atoms with Gasteiger partial charge in [-0.2, -0.15) is 0 Å². The minimum Gasteiger partial charge on any atom is -0.545 e. The van der Waals surface area contributed by atoms with E-state index in [1.54, 1.807) is 18.4 Å². The number of rotatable bonds is 9. The first-order chi connectivity index (χ1) is 16.9. The zero-order valence-electron chi connectivity index (χ0n) is 20.1. The van der Waals surface area contributed by atoms with E-state index in [2.05, 4.69) is 28.9 Å². The van der Waals surface area contributed by atoms with Crippen LogP contribution in [-0.2, 0) is 26.3 Å². The molecule has 1 saturated heterocycles. The number of methoxy groups -OCH3 is 1. The summed E-state index contributed by atoms with van der Waals surface area (Å²) < 4.78 is 11.8. The molecular formula is C26H34N2O6S. The fraction of sp³-hybridized carbons (Fsp3) is 0.500. The fourth-order valence-corrected chi connectivity index (χ4v) is 6.04. The largest absolute Gasteiger partial charge is 0.545 e. The summed E-state index contributed by atoms with van der Waals surface area (Å²) in [4.78, 5) is 25.1. The Morgan fingerprint density at radius 2 is 2.06 bits per heavy atom. The third kappa shape index (κ3) is 7.62. The Bertz CT molecular complexity index is 971. The van der Waals surface area contributed by atoms with Crippen LogP contribution in [0.15, 0.2) is 48.0 Å². The van der Waals surface area contributed by atoms with Gasteiger partial charge in [0.1, 0.15) is 17.2 Å². The summed E-state index contributed by atoms with van der Waals surface area (Å²) in [5.41, 5.74) is 1.52. The van der Waals surface area contributed by atoms with Gasteiger partial charge in [0.2, 0.25) is 0 Å². The minimum atomic E-state index is -1.51. The van der Waals surface area contributed by atoms with Gasteiger partial charge in [0, 0.05) is 36.4 Å². The molecule has 1 saturated carbocycles. The zero-order valence-corrected chi connectivity index (χ0v) is 20.9. The van der Waals surface area contributed by atoms with Crippen molar-refractivity contribution < 1.29 is 34.6 Å². The van der Waals surface area contributed by atoms with Crippen molar-refractivity contribution in [3.63, 3.8) is 0 Å². The molecule has 1 aliphatic heterocycles. The third-order valence-corrected chi connectivity index (χ3v) is 7.74. The van der Waals surface area contributed by atoms with Crippen LogP contribution in [0.2, 0.25) is 0 Å². The molecule has 1 atom stereocenters. The number of carbonyl (C=O) groups is 2. The van der Waals surface area contributed by atoms with Crippen molar-refractivity contribution in [3.05, 3.63) is 58.6 Å². The van der Waals surface area contributed by atoms with Crippen LogP contribution in [0.3, 0.4) is 0 Å². The van der Waals surface area contributed by atoms with Gasteiger partial charge in [-0.3, -0.25) is 4.98 Å². The average molecular weight is 503 g/mol. The first kappa shape index (κ1) is 26.8. The molecule has 0 radical (unpaired) electrons. The number of aliphatic carboxylic acids is 2. The molecule has 35 heavy (non-hydrogen) atoms. The second kappa shape index (κ2) is 12.8. The number of carboxylic acid groups (broad SMARTS) is 2. The minimum absolute atomic E-state index is 0.104. The number of ether oxygens (including phenoxy) is 2. The van der Waals surface area contributed by atoms with Gasteiger partial charge >= 0.3 is 5.97 Å². The van der Waals surface area contributed by atoms with E-state index in [-0.39, 0.29) is 11.0 Å². The van der Waals surface area contributed by atoms with Gasteiger partial charge in [0.05, 0.1) is 25.2 Å². The van der Waals surface area contributed by atoms with Crippen molar-refractivity contribution in [2.45, 2.75) is 62.5 Å². The lowest BCUT2D eigenvalue weighted by atomic mass is 9.68. The lowest BCUT2D eigenvalue weighted by Crippen LogP contribution is -2.83. The van der Waals surface area contributed by atoms with E-state index in [4.69, 9.17) is 19.6 Å². The molecule has 3 heterocycles. The smallest absolute Gasteiger partial charge is 0.328 e. The first-order valence-electron chi connectivity index (χ1n) is 12.0. The molecule has 0 bridgehead atoms. The van der Waals surface area contributed by atoms with E-state index < -0.39 is 11.9 Å². The standard InChI is InChI=1S/C22H30N2O2S.C4H4O4/c1-25-18-7-15-27-19(18)16-23-13-10-21(20-6-2-5-12-24-20)11-14-26-22(17-21)8-3-4-9-22;5-3(6)1-2-4(7)8/h2,5-7,12,15,23H,3-4,8-11,13-14,16-17H2,1H3;1-2H,(H,5,6)(H,7,8)/b;2-1+/t21-;/m1./s1. The Labute approximate surface area is 210 Å². The van der Waals surface area contributed by atoms with E-state index in [9.17, 15) is 14.7 Å².